The van der Waals surface area contributed by atoms with Crippen LogP contribution in [0.3, 0.4) is 0 Å². The Morgan fingerprint density at radius 1 is 0.833 bits per heavy atom. The van der Waals surface area contributed by atoms with Gasteiger partial charge in [0.1, 0.15) is 0 Å². The summed E-state index contributed by atoms with van der Waals surface area (Å²) in [5.41, 5.74) is 0. The Hall–Kier alpha value is 0.269. The second-order valence-electron chi connectivity index (χ2n) is 4.79. The summed E-state index contributed by atoms with van der Waals surface area (Å²) in [6.07, 6.45) is 8.96. The summed E-state index contributed by atoms with van der Waals surface area (Å²) >= 11 is -0.839. The van der Waals surface area contributed by atoms with Crippen molar-refractivity contribution in [3.8, 4) is 0 Å². The number of unbranched alkanes of at least 4 members (excludes halogenated alkanes) is 3. The monoisotopic (exact) mass is 364 g/mol. The SMILES string of the molecule is CCC(=O)[O-].CCC[CH2][Sn+]([CH2]CCC)[CH2]CCC. The number of carboxylic acids is 1. The minimum absolute atomic E-state index is 0.111. The summed E-state index contributed by atoms with van der Waals surface area (Å²) in [7, 11) is 0. The number of aliphatic carboxylic acids is 1. The van der Waals surface area contributed by atoms with E-state index in [2.05, 4.69) is 20.8 Å². The molecule has 0 aliphatic rings. The zero-order chi connectivity index (χ0) is 14.2. The first-order chi connectivity index (χ1) is 8.62. The number of rotatable bonds is 10. The zero-order valence-corrected chi connectivity index (χ0v) is 15.7. The molecule has 0 bridgehead atoms. The van der Waals surface area contributed by atoms with Gasteiger partial charge in [-0.3, -0.25) is 0 Å². The molecule has 0 aliphatic carbocycles. The molecular weight excluding hydrogens is 331 g/mol. The van der Waals surface area contributed by atoms with Crippen LogP contribution in [-0.2, 0) is 4.79 Å². The molecule has 0 saturated heterocycles. The molecule has 0 amide bonds. The number of carboxylic acid groups (broad SMARTS) is 1. The Morgan fingerprint density at radius 2 is 1.11 bits per heavy atom. The van der Waals surface area contributed by atoms with Crippen LogP contribution in [0.15, 0.2) is 0 Å². The van der Waals surface area contributed by atoms with Gasteiger partial charge in [-0.1, -0.05) is 6.92 Å². The molecule has 18 heavy (non-hydrogen) atoms. The molecule has 0 rings (SSSR count). The van der Waals surface area contributed by atoms with Gasteiger partial charge in [-0.2, -0.15) is 0 Å². The van der Waals surface area contributed by atoms with Gasteiger partial charge in [0.25, 0.3) is 0 Å². The Bertz CT molecular complexity index is 153. The topological polar surface area (TPSA) is 40.1 Å². The van der Waals surface area contributed by atoms with Crippen LogP contribution in [0.4, 0.5) is 0 Å². The van der Waals surface area contributed by atoms with Crippen molar-refractivity contribution in [1.29, 1.82) is 0 Å². The van der Waals surface area contributed by atoms with Crippen LogP contribution in [0.1, 0.15) is 72.6 Å². The summed E-state index contributed by atoms with van der Waals surface area (Å²) < 4.78 is 5.04. The zero-order valence-electron chi connectivity index (χ0n) is 12.9. The molecule has 0 aromatic carbocycles. The second-order valence-corrected chi connectivity index (χ2v) is 13.3. The van der Waals surface area contributed by atoms with E-state index in [0.29, 0.717) is 0 Å². The first-order valence-corrected chi connectivity index (χ1v) is 13.7. The van der Waals surface area contributed by atoms with E-state index in [4.69, 9.17) is 0 Å². The average molecular weight is 363 g/mol. The first kappa shape index (κ1) is 20.6. The van der Waals surface area contributed by atoms with Gasteiger partial charge in [0.15, 0.2) is 0 Å². The van der Waals surface area contributed by atoms with Crippen LogP contribution in [0, 0.1) is 0 Å². The molecule has 0 fully saturated rings. The van der Waals surface area contributed by atoms with Crippen LogP contribution < -0.4 is 5.11 Å². The summed E-state index contributed by atoms with van der Waals surface area (Å²) in [6.45, 7) is 8.54. The normalized spacial score (nSPS) is 9.56. The van der Waals surface area contributed by atoms with Crippen molar-refractivity contribution < 1.29 is 9.90 Å². The fraction of sp³-hybridized carbons (Fsp3) is 0.933. The second kappa shape index (κ2) is 17.3. The third-order valence-electron chi connectivity index (χ3n) is 2.94. The molecule has 108 valence electrons. The van der Waals surface area contributed by atoms with Crippen molar-refractivity contribution in [1.82, 2.24) is 0 Å². The van der Waals surface area contributed by atoms with Gasteiger partial charge in [0, 0.05) is 5.97 Å². The molecule has 0 N–H and O–H groups in total. The van der Waals surface area contributed by atoms with Gasteiger partial charge in [-0.05, 0) is 6.42 Å². The maximum absolute atomic E-state index is 9.26. The van der Waals surface area contributed by atoms with Crippen molar-refractivity contribution in [3.63, 3.8) is 0 Å². The number of hydrogen-bond donors (Lipinski definition) is 0. The molecule has 0 spiro atoms. The molecule has 0 aliphatic heterocycles. The molecular formula is C15H32O2Sn. The van der Waals surface area contributed by atoms with Gasteiger partial charge in [-0.25, -0.2) is 0 Å². The van der Waals surface area contributed by atoms with Crippen LogP contribution in [0.2, 0.25) is 13.3 Å². The molecule has 2 nitrogen and oxygen atoms in total. The van der Waals surface area contributed by atoms with Gasteiger partial charge < -0.3 is 9.90 Å². The molecule has 3 heteroatoms. The van der Waals surface area contributed by atoms with Gasteiger partial charge in [0.2, 0.25) is 0 Å². The minimum atomic E-state index is -0.995. The van der Waals surface area contributed by atoms with Crippen LogP contribution in [-0.4, -0.2) is 25.7 Å². The molecule has 0 unspecified atom stereocenters. The third kappa shape index (κ3) is 18.6. The van der Waals surface area contributed by atoms with E-state index in [-0.39, 0.29) is 6.42 Å². The van der Waals surface area contributed by atoms with E-state index in [1.54, 1.807) is 13.3 Å². The van der Waals surface area contributed by atoms with Crippen LogP contribution in [0.25, 0.3) is 0 Å². The van der Waals surface area contributed by atoms with E-state index in [1.807, 2.05) is 0 Å². The van der Waals surface area contributed by atoms with Gasteiger partial charge in [-0.15, -0.1) is 0 Å². The fourth-order valence-corrected chi connectivity index (χ4v) is 11.1. The van der Waals surface area contributed by atoms with E-state index < -0.39 is 25.7 Å². The predicted octanol–water partition coefficient (Wildman–Crippen LogP) is 4.03. The van der Waals surface area contributed by atoms with E-state index >= 15 is 0 Å². The number of carbonyl (C=O) groups excluding carboxylic acids is 1. The summed E-state index contributed by atoms with van der Waals surface area (Å²) in [6, 6.07) is 0. The number of hydrogen-bond acceptors (Lipinski definition) is 2. The average Bonchev–Trinajstić information content (AvgIpc) is 2.38. The van der Waals surface area contributed by atoms with E-state index in [1.165, 1.54) is 45.4 Å². The molecule has 0 aromatic rings. The maximum atomic E-state index is 9.26. The first-order valence-electron chi connectivity index (χ1n) is 7.65. The van der Waals surface area contributed by atoms with Crippen LogP contribution in [0.5, 0.6) is 0 Å². The Morgan fingerprint density at radius 3 is 1.28 bits per heavy atom. The summed E-state index contributed by atoms with van der Waals surface area (Å²) in [5, 5.41) is 9.26. The van der Waals surface area contributed by atoms with Crippen molar-refractivity contribution in [2.75, 3.05) is 0 Å². The van der Waals surface area contributed by atoms with Crippen LogP contribution >= 0.6 is 0 Å². The van der Waals surface area contributed by atoms with E-state index in [0.717, 1.165) is 0 Å². The van der Waals surface area contributed by atoms with E-state index in [9.17, 15) is 9.90 Å². The molecule has 0 aromatic heterocycles. The van der Waals surface area contributed by atoms with Crippen molar-refractivity contribution in [2.24, 2.45) is 0 Å². The Kier molecular flexibility index (Phi) is 19.7. The van der Waals surface area contributed by atoms with Gasteiger partial charge in [0.05, 0.1) is 0 Å². The quantitative estimate of drug-likeness (QED) is 0.550. The Labute approximate surface area is 121 Å². The molecule has 0 radical (unpaired) electrons. The van der Waals surface area contributed by atoms with Crippen molar-refractivity contribution >= 4 is 25.7 Å². The predicted molar refractivity (Wildman–Crippen MR) is 80.2 cm³/mol. The fourth-order valence-electron chi connectivity index (χ4n) is 1.66. The van der Waals surface area contributed by atoms with Gasteiger partial charge >= 0.3 is 92.4 Å². The molecule has 0 heterocycles. The van der Waals surface area contributed by atoms with Crippen molar-refractivity contribution in [3.05, 3.63) is 0 Å². The van der Waals surface area contributed by atoms with Crippen molar-refractivity contribution in [2.45, 2.75) is 86.0 Å². The standard InChI is InChI=1S/3C4H9.C3H6O2.Sn/c3*1-3-4-2;1-2-3(4)5;/h3*1,3-4H2,2H3;2H2,1H3,(H,4,5);/q;;;;+1/p-1. The molecule has 0 atom stereocenters. The number of carbonyl (C=O) groups is 1. The summed E-state index contributed by atoms with van der Waals surface area (Å²) in [4.78, 5) is 9.26. The molecule has 0 saturated carbocycles. The third-order valence-corrected chi connectivity index (χ3v) is 12.0. The summed E-state index contributed by atoms with van der Waals surface area (Å²) in [5.74, 6) is -0.995. The Balaban J connectivity index is 0.